The minimum absolute atomic E-state index is 0.0215. The lowest BCUT2D eigenvalue weighted by Crippen LogP contribution is -2.32. The second-order valence-corrected chi connectivity index (χ2v) is 6.13. The quantitative estimate of drug-likeness (QED) is 0.733. The van der Waals surface area contributed by atoms with Gasteiger partial charge in [-0.2, -0.15) is 0 Å². The van der Waals surface area contributed by atoms with Gasteiger partial charge in [0.1, 0.15) is 0 Å². The number of pyridine rings is 1. The second-order valence-electron chi connectivity index (χ2n) is 6.13. The Bertz CT molecular complexity index is 788. The SMILES string of the molecule is CC(NC(=O)C(Cc1ccccn1)c1ccccc1)c1ccccc1. The van der Waals surface area contributed by atoms with Crippen molar-refractivity contribution in [3.63, 3.8) is 0 Å². The van der Waals surface area contributed by atoms with Crippen LogP contribution in [0, 0.1) is 0 Å². The van der Waals surface area contributed by atoms with Crippen molar-refractivity contribution in [3.05, 3.63) is 102 Å². The van der Waals surface area contributed by atoms with Crippen molar-refractivity contribution in [3.8, 4) is 0 Å². The summed E-state index contributed by atoms with van der Waals surface area (Å²) in [6.45, 7) is 2.01. The van der Waals surface area contributed by atoms with E-state index in [9.17, 15) is 4.79 Å². The van der Waals surface area contributed by atoms with E-state index in [2.05, 4.69) is 10.3 Å². The Hall–Kier alpha value is -2.94. The van der Waals surface area contributed by atoms with Gasteiger partial charge in [-0.25, -0.2) is 0 Å². The standard InChI is InChI=1S/C22H22N2O/c1-17(18-10-4-2-5-11-18)24-22(25)21(19-12-6-3-7-13-19)16-20-14-8-9-15-23-20/h2-15,17,21H,16H2,1H3,(H,24,25). The number of nitrogens with zero attached hydrogens (tertiary/aromatic N) is 1. The number of hydrogen-bond acceptors (Lipinski definition) is 2. The molecule has 2 atom stereocenters. The molecule has 2 aromatic carbocycles. The largest absolute Gasteiger partial charge is 0.349 e. The van der Waals surface area contributed by atoms with Crippen LogP contribution in [0.25, 0.3) is 0 Å². The summed E-state index contributed by atoms with van der Waals surface area (Å²) in [4.78, 5) is 17.4. The first-order chi connectivity index (χ1) is 12.2. The lowest BCUT2D eigenvalue weighted by atomic mass is 9.92. The van der Waals surface area contributed by atoms with Gasteiger partial charge >= 0.3 is 0 Å². The van der Waals surface area contributed by atoms with Gasteiger partial charge in [0.2, 0.25) is 5.91 Å². The number of carbonyl (C=O) groups excluding carboxylic acids is 1. The summed E-state index contributed by atoms with van der Waals surface area (Å²) in [7, 11) is 0. The van der Waals surface area contributed by atoms with Crippen LogP contribution in [0.15, 0.2) is 85.1 Å². The number of rotatable bonds is 6. The van der Waals surface area contributed by atoms with E-state index in [1.54, 1.807) is 6.20 Å². The van der Waals surface area contributed by atoms with E-state index in [4.69, 9.17) is 0 Å². The molecule has 0 fully saturated rings. The third-order valence-corrected chi connectivity index (χ3v) is 4.32. The molecule has 0 saturated carbocycles. The molecule has 0 bridgehead atoms. The molecular weight excluding hydrogens is 308 g/mol. The fourth-order valence-corrected chi connectivity index (χ4v) is 2.91. The van der Waals surface area contributed by atoms with Gasteiger partial charge in [-0.3, -0.25) is 9.78 Å². The zero-order chi connectivity index (χ0) is 17.5. The highest BCUT2D eigenvalue weighted by molar-refractivity contribution is 5.84. The van der Waals surface area contributed by atoms with Crippen LogP contribution in [0.4, 0.5) is 0 Å². The molecule has 25 heavy (non-hydrogen) atoms. The van der Waals surface area contributed by atoms with Crippen LogP contribution in [-0.2, 0) is 11.2 Å². The van der Waals surface area contributed by atoms with Gasteiger partial charge < -0.3 is 5.32 Å². The lowest BCUT2D eigenvalue weighted by molar-refractivity contribution is -0.123. The Morgan fingerprint density at radius 1 is 0.880 bits per heavy atom. The molecule has 3 heteroatoms. The van der Waals surface area contributed by atoms with E-state index in [1.165, 1.54) is 0 Å². The summed E-state index contributed by atoms with van der Waals surface area (Å²) in [5.74, 6) is -0.240. The van der Waals surface area contributed by atoms with Crippen LogP contribution in [0.1, 0.15) is 35.7 Å². The third-order valence-electron chi connectivity index (χ3n) is 4.32. The molecule has 3 rings (SSSR count). The molecule has 0 aliphatic rings. The number of hydrogen-bond donors (Lipinski definition) is 1. The molecule has 0 radical (unpaired) electrons. The van der Waals surface area contributed by atoms with E-state index in [1.807, 2.05) is 85.8 Å². The maximum atomic E-state index is 13.0. The summed E-state index contributed by atoms with van der Waals surface area (Å²) in [6, 6.07) is 25.7. The minimum atomic E-state index is -0.262. The van der Waals surface area contributed by atoms with Crippen molar-refractivity contribution in [1.82, 2.24) is 10.3 Å². The lowest BCUT2D eigenvalue weighted by Gasteiger charge is -2.21. The van der Waals surface area contributed by atoms with Gasteiger partial charge in [-0.05, 0) is 30.2 Å². The van der Waals surface area contributed by atoms with E-state index in [0.29, 0.717) is 6.42 Å². The number of amides is 1. The Morgan fingerprint density at radius 3 is 2.08 bits per heavy atom. The zero-order valence-electron chi connectivity index (χ0n) is 14.3. The topological polar surface area (TPSA) is 42.0 Å². The summed E-state index contributed by atoms with van der Waals surface area (Å²) < 4.78 is 0. The number of benzene rings is 2. The number of aromatic nitrogens is 1. The Balaban J connectivity index is 1.80. The highest BCUT2D eigenvalue weighted by atomic mass is 16.1. The molecule has 126 valence electrons. The molecular formula is C22H22N2O. The van der Waals surface area contributed by atoms with Crippen LogP contribution >= 0.6 is 0 Å². The Morgan fingerprint density at radius 2 is 1.48 bits per heavy atom. The molecule has 0 aliphatic carbocycles. The van der Waals surface area contributed by atoms with Gasteiger partial charge in [0.15, 0.2) is 0 Å². The predicted molar refractivity (Wildman–Crippen MR) is 100 cm³/mol. The highest BCUT2D eigenvalue weighted by Gasteiger charge is 2.23. The maximum Gasteiger partial charge on any atom is 0.228 e. The molecule has 1 N–H and O–H groups in total. The normalized spacial score (nSPS) is 13.0. The molecule has 1 amide bonds. The fraction of sp³-hybridized carbons (Fsp3) is 0.182. The molecule has 3 aromatic rings. The van der Waals surface area contributed by atoms with E-state index >= 15 is 0 Å². The van der Waals surface area contributed by atoms with Crippen molar-refractivity contribution in [2.75, 3.05) is 0 Å². The second kappa shape index (κ2) is 8.25. The molecule has 2 unspecified atom stereocenters. The van der Waals surface area contributed by atoms with Gasteiger partial charge in [0.25, 0.3) is 0 Å². The maximum absolute atomic E-state index is 13.0. The van der Waals surface area contributed by atoms with Crippen molar-refractivity contribution in [1.29, 1.82) is 0 Å². The fourth-order valence-electron chi connectivity index (χ4n) is 2.91. The van der Waals surface area contributed by atoms with Crippen molar-refractivity contribution < 1.29 is 4.79 Å². The van der Waals surface area contributed by atoms with Gasteiger partial charge in [-0.1, -0.05) is 66.7 Å². The minimum Gasteiger partial charge on any atom is -0.349 e. The van der Waals surface area contributed by atoms with Gasteiger partial charge in [0.05, 0.1) is 12.0 Å². The first kappa shape index (κ1) is 16.9. The van der Waals surface area contributed by atoms with Gasteiger partial charge in [0, 0.05) is 18.3 Å². The molecule has 3 nitrogen and oxygen atoms in total. The molecule has 1 heterocycles. The van der Waals surface area contributed by atoms with Crippen LogP contribution in [0.3, 0.4) is 0 Å². The summed E-state index contributed by atoms with van der Waals surface area (Å²) in [6.07, 6.45) is 2.35. The van der Waals surface area contributed by atoms with E-state index < -0.39 is 0 Å². The molecule has 0 saturated heterocycles. The summed E-state index contributed by atoms with van der Waals surface area (Å²) in [5.41, 5.74) is 3.02. The van der Waals surface area contributed by atoms with Crippen molar-refractivity contribution in [2.24, 2.45) is 0 Å². The van der Waals surface area contributed by atoms with Crippen molar-refractivity contribution in [2.45, 2.75) is 25.3 Å². The van der Waals surface area contributed by atoms with Gasteiger partial charge in [-0.15, -0.1) is 0 Å². The number of carbonyl (C=O) groups is 1. The van der Waals surface area contributed by atoms with Crippen LogP contribution in [0.5, 0.6) is 0 Å². The van der Waals surface area contributed by atoms with Crippen molar-refractivity contribution >= 4 is 5.91 Å². The third kappa shape index (κ3) is 4.54. The average molecular weight is 330 g/mol. The zero-order valence-corrected chi connectivity index (χ0v) is 14.3. The predicted octanol–water partition coefficient (Wildman–Crippen LogP) is 4.29. The van der Waals surface area contributed by atoms with E-state index in [-0.39, 0.29) is 17.9 Å². The Labute approximate surface area is 148 Å². The Kier molecular flexibility index (Phi) is 5.57. The van der Waals surface area contributed by atoms with E-state index in [0.717, 1.165) is 16.8 Å². The monoisotopic (exact) mass is 330 g/mol. The number of nitrogens with one attached hydrogen (secondary N) is 1. The molecule has 0 aliphatic heterocycles. The molecule has 0 spiro atoms. The summed E-state index contributed by atoms with van der Waals surface area (Å²) in [5, 5.41) is 3.15. The van der Waals surface area contributed by atoms with Crippen LogP contribution < -0.4 is 5.32 Å². The summed E-state index contributed by atoms with van der Waals surface area (Å²) >= 11 is 0. The highest BCUT2D eigenvalue weighted by Crippen LogP contribution is 2.22. The first-order valence-electron chi connectivity index (χ1n) is 8.54. The van der Waals surface area contributed by atoms with Crippen LogP contribution in [-0.4, -0.2) is 10.9 Å². The first-order valence-corrected chi connectivity index (χ1v) is 8.54. The smallest absolute Gasteiger partial charge is 0.228 e. The average Bonchev–Trinajstić information content (AvgIpc) is 2.68. The molecule has 1 aromatic heterocycles. The van der Waals surface area contributed by atoms with Crippen LogP contribution in [0.2, 0.25) is 0 Å².